The Bertz CT molecular complexity index is 498. The molecule has 1 nitrogen and oxygen atoms in total. The van der Waals surface area contributed by atoms with Crippen molar-refractivity contribution in [1.82, 2.24) is 0 Å². The van der Waals surface area contributed by atoms with E-state index in [2.05, 4.69) is 37.0 Å². The van der Waals surface area contributed by atoms with Crippen LogP contribution in [0.2, 0.25) is 0 Å². The van der Waals surface area contributed by atoms with Crippen LogP contribution in [0.25, 0.3) is 0 Å². The highest BCUT2D eigenvalue weighted by Crippen LogP contribution is 2.12. The molecule has 80 valence electrons. The number of nitrogens with zero attached hydrogens (tertiary/aromatic N) is 1. The number of rotatable bonds is 2. The lowest BCUT2D eigenvalue weighted by Gasteiger charge is -2.01. The molecule has 0 radical (unpaired) electrons. The number of aliphatic imine (C=N–C) groups is 1. The maximum Gasteiger partial charge on any atom is 0.0629 e. The SMILES string of the molecule is Cc1ccc(C)c(C=Nc2ccccc2)c1. The van der Waals surface area contributed by atoms with E-state index in [-0.39, 0.29) is 0 Å². The van der Waals surface area contributed by atoms with Gasteiger partial charge in [-0.1, -0.05) is 42.0 Å². The Labute approximate surface area is 96.5 Å². The molecule has 0 amide bonds. The van der Waals surface area contributed by atoms with E-state index in [1.807, 2.05) is 36.5 Å². The summed E-state index contributed by atoms with van der Waals surface area (Å²) in [6, 6.07) is 16.4. The Morgan fingerprint density at radius 1 is 0.938 bits per heavy atom. The summed E-state index contributed by atoms with van der Waals surface area (Å²) in [4.78, 5) is 4.45. The fourth-order valence-electron chi connectivity index (χ4n) is 1.56. The predicted octanol–water partition coefficient (Wildman–Crippen LogP) is 4.05. The Balaban J connectivity index is 2.27. The smallest absolute Gasteiger partial charge is 0.0629 e. The van der Waals surface area contributed by atoms with Gasteiger partial charge in [0.05, 0.1) is 5.69 Å². The van der Waals surface area contributed by atoms with Crippen molar-refractivity contribution in [3.05, 3.63) is 65.2 Å². The normalized spacial score (nSPS) is 10.9. The third-order valence-electron chi connectivity index (χ3n) is 2.54. The van der Waals surface area contributed by atoms with Gasteiger partial charge in [-0.2, -0.15) is 0 Å². The molecule has 2 aromatic rings. The van der Waals surface area contributed by atoms with Crippen molar-refractivity contribution in [2.75, 3.05) is 0 Å². The second-order valence-electron chi connectivity index (χ2n) is 3.95. The van der Waals surface area contributed by atoms with Crippen LogP contribution >= 0.6 is 0 Å². The summed E-state index contributed by atoms with van der Waals surface area (Å²) < 4.78 is 0. The van der Waals surface area contributed by atoms with E-state index >= 15 is 0 Å². The van der Waals surface area contributed by atoms with Gasteiger partial charge in [-0.05, 0) is 37.1 Å². The zero-order chi connectivity index (χ0) is 11.4. The quantitative estimate of drug-likeness (QED) is 0.661. The van der Waals surface area contributed by atoms with Crippen molar-refractivity contribution >= 4 is 11.9 Å². The number of benzene rings is 2. The highest BCUT2D eigenvalue weighted by Gasteiger charge is 1.94. The molecule has 16 heavy (non-hydrogen) atoms. The molecular weight excluding hydrogens is 194 g/mol. The molecule has 0 spiro atoms. The molecule has 0 aliphatic rings. The minimum Gasteiger partial charge on any atom is -0.256 e. The zero-order valence-corrected chi connectivity index (χ0v) is 9.64. The first kappa shape index (κ1) is 10.6. The molecule has 0 aliphatic heterocycles. The molecule has 0 unspecified atom stereocenters. The largest absolute Gasteiger partial charge is 0.256 e. The maximum absolute atomic E-state index is 4.45. The topological polar surface area (TPSA) is 12.4 Å². The van der Waals surface area contributed by atoms with Crippen LogP contribution in [0.1, 0.15) is 16.7 Å². The summed E-state index contributed by atoms with van der Waals surface area (Å²) in [5.74, 6) is 0. The van der Waals surface area contributed by atoms with E-state index in [0.29, 0.717) is 0 Å². The molecule has 0 saturated carbocycles. The first-order valence-corrected chi connectivity index (χ1v) is 5.42. The summed E-state index contributed by atoms with van der Waals surface area (Å²) in [5.41, 5.74) is 4.69. The van der Waals surface area contributed by atoms with Crippen LogP contribution in [0.3, 0.4) is 0 Å². The highest BCUT2D eigenvalue weighted by molar-refractivity contribution is 5.84. The van der Waals surface area contributed by atoms with Crippen LogP contribution < -0.4 is 0 Å². The standard InChI is InChI=1S/C15H15N/c1-12-8-9-13(2)14(10-12)11-16-15-6-4-3-5-7-15/h3-11H,1-2H3. The second-order valence-corrected chi connectivity index (χ2v) is 3.95. The molecule has 0 bridgehead atoms. The van der Waals surface area contributed by atoms with Crippen LogP contribution in [0.4, 0.5) is 5.69 Å². The molecule has 1 heteroatoms. The summed E-state index contributed by atoms with van der Waals surface area (Å²) in [5, 5.41) is 0. The van der Waals surface area contributed by atoms with Gasteiger partial charge in [0.15, 0.2) is 0 Å². The minimum absolute atomic E-state index is 0.989. The Morgan fingerprint density at radius 2 is 1.69 bits per heavy atom. The summed E-state index contributed by atoms with van der Waals surface area (Å²) in [6.45, 7) is 4.20. The van der Waals surface area contributed by atoms with Crippen LogP contribution in [-0.2, 0) is 0 Å². The van der Waals surface area contributed by atoms with Gasteiger partial charge in [-0.3, -0.25) is 4.99 Å². The summed E-state index contributed by atoms with van der Waals surface area (Å²) in [6.07, 6.45) is 1.93. The predicted molar refractivity (Wildman–Crippen MR) is 69.6 cm³/mol. The van der Waals surface area contributed by atoms with Crippen molar-refractivity contribution in [2.45, 2.75) is 13.8 Å². The maximum atomic E-state index is 4.45. The zero-order valence-electron chi connectivity index (χ0n) is 9.64. The third kappa shape index (κ3) is 2.57. The van der Waals surface area contributed by atoms with Crippen molar-refractivity contribution in [1.29, 1.82) is 0 Å². The summed E-state index contributed by atoms with van der Waals surface area (Å²) >= 11 is 0. The van der Waals surface area contributed by atoms with Crippen LogP contribution in [0, 0.1) is 13.8 Å². The number of hydrogen-bond acceptors (Lipinski definition) is 1. The van der Waals surface area contributed by atoms with Crippen molar-refractivity contribution < 1.29 is 0 Å². The number of aryl methyl sites for hydroxylation is 2. The lowest BCUT2D eigenvalue weighted by Crippen LogP contribution is -1.87. The molecule has 0 fully saturated rings. The van der Waals surface area contributed by atoms with Gasteiger partial charge in [-0.25, -0.2) is 0 Å². The fourth-order valence-corrected chi connectivity index (χ4v) is 1.56. The Morgan fingerprint density at radius 3 is 2.44 bits per heavy atom. The highest BCUT2D eigenvalue weighted by atomic mass is 14.7. The van der Waals surface area contributed by atoms with Gasteiger partial charge in [0.25, 0.3) is 0 Å². The van der Waals surface area contributed by atoms with Crippen LogP contribution in [-0.4, -0.2) is 6.21 Å². The monoisotopic (exact) mass is 209 g/mol. The van der Waals surface area contributed by atoms with Gasteiger partial charge in [0.2, 0.25) is 0 Å². The van der Waals surface area contributed by atoms with E-state index in [1.54, 1.807) is 0 Å². The average molecular weight is 209 g/mol. The van der Waals surface area contributed by atoms with Crippen LogP contribution in [0.5, 0.6) is 0 Å². The van der Waals surface area contributed by atoms with Crippen molar-refractivity contribution in [2.24, 2.45) is 4.99 Å². The second kappa shape index (κ2) is 4.75. The lowest BCUT2D eigenvalue weighted by molar-refractivity contribution is 1.38. The molecular formula is C15H15N. The lowest BCUT2D eigenvalue weighted by atomic mass is 10.1. The van der Waals surface area contributed by atoms with Gasteiger partial charge >= 0.3 is 0 Å². The molecule has 0 heterocycles. The molecule has 0 saturated heterocycles. The fraction of sp³-hybridized carbons (Fsp3) is 0.133. The Hall–Kier alpha value is -1.89. The van der Waals surface area contributed by atoms with E-state index in [0.717, 1.165) is 5.69 Å². The molecule has 0 atom stereocenters. The molecule has 2 aromatic carbocycles. The first-order valence-electron chi connectivity index (χ1n) is 5.42. The van der Waals surface area contributed by atoms with E-state index in [9.17, 15) is 0 Å². The molecule has 2 rings (SSSR count). The van der Waals surface area contributed by atoms with Crippen LogP contribution in [0.15, 0.2) is 53.5 Å². The van der Waals surface area contributed by atoms with Gasteiger partial charge in [0.1, 0.15) is 0 Å². The Kier molecular flexibility index (Phi) is 3.16. The van der Waals surface area contributed by atoms with E-state index in [4.69, 9.17) is 0 Å². The number of para-hydroxylation sites is 1. The summed E-state index contributed by atoms with van der Waals surface area (Å²) in [7, 11) is 0. The third-order valence-corrected chi connectivity index (χ3v) is 2.54. The van der Waals surface area contributed by atoms with Crippen molar-refractivity contribution in [3.8, 4) is 0 Å². The number of hydrogen-bond donors (Lipinski definition) is 0. The minimum atomic E-state index is 0.989. The van der Waals surface area contributed by atoms with Crippen molar-refractivity contribution in [3.63, 3.8) is 0 Å². The average Bonchev–Trinajstić information content (AvgIpc) is 2.32. The van der Waals surface area contributed by atoms with Gasteiger partial charge in [0, 0.05) is 6.21 Å². The van der Waals surface area contributed by atoms with E-state index < -0.39 is 0 Å². The molecule has 0 N–H and O–H groups in total. The van der Waals surface area contributed by atoms with Gasteiger partial charge in [-0.15, -0.1) is 0 Å². The van der Waals surface area contributed by atoms with Gasteiger partial charge < -0.3 is 0 Å². The molecule has 0 aliphatic carbocycles. The molecule has 0 aromatic heterocycles. The van der Waals surface area contributed by atoms with E-state index in [1.165, 1.54) is 16.7 Å². The first-order chi connectivity index (χ1) is 7.75.